The minimum absolute atomic E-state index is 0.259. The fourth-order valence-corrected chi connectivity index (χ4v) is 2.94. The van der Waals surface area contributed by atoms with Gasteiger partial charge in [0.05, 0.1) is 12.1 Å². The van der Waals surface area contributed by atoms with Gasteiger partial charge >= 0.3 is 6.03 Å². The number of hydrogen-bond acceptors (Lipinski definition) is 4. The third kappa shape index (κ3) is 2.99. The molecule has 4 rings (SSSR count). The molecule has 132 valence electrons. The molecule has 1 aromatic carbocycles. The van der Waals surface area contributed by atoms with Crippen LogP contribution in [0.15, 0.2) is 59.1 Å². The second-order valence-corrected chi connectivity index (χ2v) is 6.23. The van der Waals surface area contributed by atoms with Crippen LogP contribution >= 0.6 is 0 Å². The minimum atomic E-state index is -0.296. The van der Waals surface area contributed by atoms with E-state index < -0.39 is 0 Å². The summed E-state index contributed by atoms with van der Waals surface area (Å²) in [6.07, 6.45) is 1.87. The van der Waals surface area contributed by atoms with E-state index in [-0.39, 0.29) is 18.1 Å². The fourth-order valence-electron chi connectivity index (χ4n) is 2.94. The largest absolute Gasteiger partial charge is 0.459 e. The van der Waals surface area contributed by atoms with E-state index in [9.17, 15) is 4.79 Å². The van der Waals surface area contributed by atoms with Crippen molar-refractivity contribution in [2.75, 3.05) is 0 Å². The van der Waals surface area contributed by atoms with Gasteiger partial charge in [0, 0.05) is 11.6 Å². The Balaban J connectivity index is 1.44. The van der Waals surface area contributed by atoms with Gasteiger partial charge in [-0.05, 0) is 38.1 Å². The molecule has 0 aliphatic rings. The van der Waals surface area contributed by atoms with Gasteiger partial charge in [-0.15, -0.1) is 10.2 Å². The fraction of sp³-hybridized carbons (Fsp3) is 0.211. The summed E-state index contributed by atoms with van der Waals surface area (Å²) in [5.41, 5.74) is 1.55. The Kier molecular flexibility index (Phi) is 4.04. The lowest BCUT2D eigenvalue weighted by atomic mass is 10.2. The summed E-state index contributed by atoms with van der Waals surface area (Å²) in [5, 5.41) is 15.1. The number of nitrogens with one attached hydrogen (secondary N) is 2. The molecule has 0 spiro atoms. The van der Waals surface area contributed by atoms with Crippen LogP contribution < -0.4 is 10.6 Å². The molecule has 0 saturated heterocycles. The first kappa shape index (κ1) is 16.1. The average Bonchev–Trinajstić information content (AvgIpc) is 3.25. The van der Waals surface area contributed by atoms with Crippen LogP contribution in [-0.4, -0.2) is 20.6 Å². The molecule has 0 aliphatic heterocycles. The number of carbonyl (C=O) groups excluding carboxylic acids is 1. The predicted octanol–water partition coefficient (Wildman–Crippen LogP) is 3.60. The zero-order valence-electron chi connectivity index (χ0n) is 14.5. The van der Waals surface area contributed by atoms with Crippen LogP contribution in [0.5, 0.6) is 0 Å². The summed E-state index contributed by atoms with van der Waals surface area (Å²) >= 11 is 0. The number of hydrogen-bond donors (Lipinski definition) is 2. The first-order valence-electron chi connectivity index (χ1n) is 8.47. The molecule has 3 aromatic heterocycles. The molecule has 2 amide bonds. The summed E-state index contributed by atoms with van der Waals surface area (Å²) < 4.78 is 7.65. The molecule has 0 saturated carbocycles. The molecule has 0 bridgehead atoms. The number of nitrogens with zero attached hydrogens (tertiary/aromatic N) is 3. The number of aromatic nitrogens is 3. The highest BCUT2D eigenvalue weighted by Gasteiger charge is 2.18. The highest BCUT2D eigenvalue weighted by molar-refractivity contribution is 5.78. The zero-order chi connectivity index (χ0) is 18.1. The van der Waals surface area contributed by atoms with E-state index in [0.29, 0.717) is 11.6 Å². The molecular formula is C19H19N5O2. The van der Waals surface area contributed by atoms with Crippen molar-refractivity contribution in [3.05, 3.63) is 66.3 Å². The van der Waals surface area contributed by atoms with E-state index >= 15 is 0 Å². The summed E-state index contributed by atoms with van der Waals surface area (Å²) in [5.74, 6) is 1.38. The molecule has 2 N–H and O–H groups in total. The average molecular weight is 349 g/mol. The van der Waals surface area contributed by atoms with E-state index in [1.165, 1.54) is 0 Å². The summed E-state index contributed by atoms with van der Waals surface area (Å²) in [4.78, 5) is 12.4. The van der Waals surface area contributed by atoms with Crippen molar-refractivity contribution in [1.82, 2.24) is 25.2 Å². The molecule has 0 fully saturated rings. The highest BCUT2D eigenvalue weighted by Crippen LogP contribution is 2.23. The van der Waals surface area contributed by atoms with Gasteiger partial charge in [0.1, 0.15) is 11.3 Å². The molecule has 2 atom stereocenters. The van der Waals surface area contributed by atoms with E-state index in [0.717, 1.165) is 16.6 Å². The van der Waals surface area contributed by atoms with Crippen LogP contribution in [0.3, 0.4) is 0 Å². The molecule has 3 heterocycles. The number of amides is 2. The van der Waals surface area contributed by atoms with Gasteiger partial charge in [-0.25, -0.2) is 4.79 Å². The summed E-state index contributed by atoms with van der Waals surface area (Å²) in [6.45, 7) is 3.75. The molecule has 26 heavy (non-hydrogen) atoms. The minimum Gasteiger partial charge on any atom is -0.459 e. The number of pyridine rings is 1. The van der Waals surface area contributed by atoms with Crippen molar-refractivity contribution in [1.29, 1.82) is 0 Å². The van der Waals surface area contributed by atoms with E-state index in [2.05, 4.69) is 20.8 Å². The Hall–Kier alpha value is -3.35. The van der Waals surface area contributed by atoms with Crippen LogP contribution in [0.4, 0.5) is 4.79 Å². The monoisotopic (exact) mass is 349 g/mol. The quantitative estimate of drug-likeness (QED) is 0.589. The maximum atomic E-state index is 12.4. The van der Waals surface area contributed by atoms with E-state index in [1.807, 2.05) is 73.0 Å². The lowest BCUT2D eigenvalue weighted by Crippen LogP contribution is -2.38. The van der Waals surface area contributed by atoms with Crippen molar-refractivity contribution in [2.24, 2.45) is 0 Å². The van der Waals surface area contributed by atoms with Crippen molar-refractivity contribution >= 4 is 22.6 Å². The number of rotatable bonds is 4. The topological polar surface area (TPSA) is 84.5 Å². The molecule has 1 unspecified atom stereocenters. The van der Waals surface area contributed by atoms with E-state index in [1.54, 1.807) is 0 Å². The third-order valence-electron chi connectivity index (χ3n) is 4.29. The standard InChI is InChI=1S/C19H19N5O2/c1-12(16-11-14-7-3-4-8-15(14)26-16)20-19(25)21-13(2)18-23-22-17-9-5-6-10-24(17)18/h3-13H,1-2H3,(H2,20,21,25)/t12-,13?/m0/s1. The zero-order valence-corrected chi connectivity index (χ0v) is 14.5. The number of benzene rings is 1. The molecule has 4 aromatic rings. The smallest absolute Gasteiger partial charge is 0.315 e. The Labute approximate surface area is 150 Å². The van der Waals surface area contributed by atoms with Gasteiger partial charge in [-0.2, -0.15) is 0 Å². The van der Waals surface area contributed by atoms with Crippen molar-refractivity contribution in [2.45, 2.75) is 25.9 Å². The van der Waals surface area contributed by atoms with E-state index in [4.69, 9.17) is 4.42 Å². The number of carbonyl (C=O) groups is 1. The normalized spacial score (nSPS) is 13.6. The lowest BCUT2D eigenvalue weighted by Gasteiger charge is -2.16. The van der Waals surface area contributed by atoms with Crippen LogP contribution in [0, 0.1) is 0 Å². The van der Waals surface area contributed by atoms with Crippen molar-refractivity contribution in [3.63, 3.8) is 0 Å². The van der Waals surface area contributed by atoms with Crippen molar-refractivity contribution < 1.29 is 9.21 Å². The molecule has 7 nitrogen and oxygen atoms in total. The van der Waals surface area contributed by atoms with Crippen LogP contribution in [0.2, 0.25) is 0 Å². The summed E-state index contributed by atoms with van der Waals surface area (Å²) in [6, 6.07) is 14.5. The Bertz CT molecular complexity index is 1030. The van der Waals surface area contributed by atoms with Gasteiger partial charge < -0.3 is 15.1 Å². The second kappa shape index (κ2) is 6.51. The third-order valence-corrected chi connectivity index (χ3v) is 4.29. The van der Waals surface area contributed by atoms with Gasteiger partial charge in [-0.3, -0.25) is 4.40 Å². The Morgan fingerprint density at radius 1 is 1.04 bits per heavy atom. The maximum absolute atomic E-state index is 12.4. The first-order chi connectivity index (χ1) is 12.6. The number of fused-ring (bicyclic) bond motifs is 2. The van der Waals surface area contributed by atoms with Crippen LogP contribution in [-0.2, 0) is 0 Å². The van der Waals surface area contributed by atoms with Crippen LogP contribution in [0.25, 0.3) is 16.6 Å². The molecule has 7 heteroatoms. The molecule has 0 radical (unpaired) electrons. The maximum Gasteiger partial charge on any atom is 0.315 e. The number of para-hydroxylation sites is 1. The first-order valence-corrected chi connectivity index (χ1v) is 8.47. The lowest BCUT2D eigenvalue weighted by molar-refractivity contribution is 0.233. The van der Waals surface area contributed by atoms with Gasteiger partial charge in [0.25, 0.3) is 0 Å². The SMILES string of the molecule is CC(NC(=O)N[C@@H](C)c1cc2ccccc2o1)c1nnc2ccccn12. The van der Waals surface area contributed by atoms with Crippen LogP contribution in [0.1, 0.15) is 37.5 Å². The van der Waals surface area contributed by atoms with Gasteiger partial charge in [0.2, 0.25) is 0 Å². The predicted molar refractivity (Wildman–Crippen MR) is 97.7 cm³/mol. The molecular weight excluding hydrogens is 330 g/mol. The second-order valence-electron chi connectivity index (χ2n) is 6.23. The Morgan fingerprint density at radius 3 is 2.65 bits per heavy atom. The highest BCUT2D eigenvalue weighted by atomic mass is 16.3. The van der Waals surface area contributed by atoms with Crippen molar-refractivity contribution in [3.8, 4) is 0 Å². The molecule has 0 aliphatic carbocycles. The number of furan rings is 1. The summed E-state index contributed by atoms with van der Waals surface area (Å²) in [7, 11) is 0. The number of urea groups is 1. The van der Waals surface area contributed by atoms with Gasteiger partial charge in [0.15, 0.2) is 11.5 Å². The van der Waals surface area contributed by atoms with Gasteiger partial charge in [-0.1, -0.05) is 24.3 Å². The Morgan fingerprint density at radius 2 is 1.81 bits per heavy atom.